The van der Waals surface area contributed by atoms with Crippen LogP contribution >= 0.6 is 11.6 Å². The first-order chi connectivity index (χ1) is 13.1. The average molecular weight is 390 g/mol. The summed E-state index contributed by atoms with van der Waals surface area (Å²) in [6, 6.07) is 7.16. The molecule has 0 saturated carbocycles. The molecule has 0 aliphatic carbocycles. The maximum atomic E-state index is 6.33. The summed E-state index contributed by atoms with van der Waals surface area (Å²) in [7, 11) is 1.55. The standard InChI is InChI=1S/C19H20ClN3O4/c1-5-25-16-14(20)9-12(10-15(16)24-4)17-22-19(27-23-17)13-8-7-11(3)21-18(13)26-6-2/h7-10H,5-6H2,1-4H3. The van der Waals surface area contributed by atoms with Crippen LogP contribution in [0.2, 0.25) is 5.02 Å². The molecule has 0 saturated heterocycles. The van der Waals surface area contributed by atoms with Gasteiger partial charge in [0.05, 0.1) is 25.3 Å². The third-order valence-electron chi connectivity index (χ3n) is 3.71. The predicted octanol–water partition coefficient (Wildman–Crippen LogP) is 4.57. The monoisotopic (exact) mass is 389 g/mol. The van der Waals surface area contributed by atoms with Crippen molar-refractivity contribution in [3.8, 4) is 40.2 Å². The van der Waals surface area contributed by atoms with Crippen molar-refractivity contribution in [3.05, 3.63) is 35.0 Å². The van der Waals surface area contributed by atoms with Gasteiger partial charge in [-0.3, -0.25) is 0 Å². The highest BCUT2D eigenvalue weighted by molar-refractivity contribution is 6.32. The number of nitrogens with zero attached hydrogens (tertiary/aromatic N) is 3. The third-order valence-corrected chi connectivity index (χ3v) is 3.99. The van der Waals surface area contributed by atoms with E-state index >= 15 is 0 Å². The molecule has 2 heterocycles. The maximum absolute atomic E-state index is 6.33. The van der Waals surface area contributed by atoms with Crippen LogP contribution in [0, 0.1) is 6.92 Å². The molecule has 0 bridgehead atoms. The molecule has 0 unspecified atom stereocenters. The van der Waals surface area contributed by atoms with Crippen molar-refractivity contribution in [1.82, 2.24) is 15.1 Å². The van der Waals surface area contributed by atoms with Gasteiger partial charge >= 0.3 is 0 Å². The van der Waals surface area contributed by atoms with E-state index in [1.807, 2.05) is 32.9 Å². The predicted molar refractivity (Wildman–Crippen MR) is 102 cm³/mol. The van der Waals surface area contributed by atoms with E-state index in [0.29, 0.717) is 58.5 Å². The minimum Gasteiger partial charge on any atom is -0.493 e. The molecule has 0 fully saturated rings. The normalized spacial score (nSPS) is 10.7. The van der Waals surface area contributed by atoms with Crippen molar-refractivity contribution in [2.75, 3.05) is 20.3 Å². The minimum absolute atomic E-state index is 0.310. The zero-order valence-corrected chi connectivity index (χ0v) is 16.3. The van der Waals surface area contributed by atoms with Crippen LogP contribution in [-0.2, 0) is 0 Å². The summed E-state index contributed by atoms with van der Waals surface area (Å²) in [6.45, 7) is 6.61. The fraction of sp³-hybridized carbons (Fsp3) is 0.316. The number of benzene rings is 1. The van der Waals surface area contributed by atoms with Gasteiger partial charge in [-0.15, -0.1) is 0 Å². The Balaban J connectivity index is 2.01. The van der Waals surface area contributed by atoms with Gasteiger partial charge in [0.2, 0.25) is 11.7 Å². The number of hydrogen-bond acceptors (Lipinski definition) is 7. The molecule has 0 radical (unpaired) electrons. The van der Waals surface area contributed by atoms with Gasteiger partial charge < -0.3 is 18.7 Å². The van der Waals surface area contributed by atoms with Gasteiger partial charge in [0.25, 0.3) is 5.89 Å². The molecule has 3 aromatic rings. The first-order valence-corrected chi connectivity index (χ1v) is 8.90. The van der Waals surface area contributed by atoms with Crippen molar-refractivity contribution in [1.29, 1.82) is 0 Å². The second-order valence-corrected chi connectivity index (χ2v) is 5.99. The van der Waals surface area contributed by atoms with Crippen LogP contribution in [0.1, 0.15) is 19.5 Å². The molecule has 8 heteroatoms. The molecule has 0 aliphatic rings. The SMILES string of the molecule is CCOc1nc(C)ccc1-c1nc(-c2cc(Cl)c(OCC)c(OC)c2)no1. The lowest BCUT2D eigenvalue weighted by atomic mass is 10.2. The third kappa shape index (κ3) is 3.98. The molecular formula is C19H20ClN3O4. The smallest absolute Gasteiger partial charge is 0.263 e. The number of ether oxygens (including phenoxy) is 3. The molecule has 142 valence electrons. The fourth-order valence-corrected chi connectivity index (χ4v) is 2.79. The highest BCUT2D eigenvalue weighted by Gasteiger charge is 2.19. The number of aryl methyl sites for hydroxylation is 1. The van der Waals surface area contributed by atoms with Gasteiger partial charge in [0.15, 0.2) is 11.5 Å². The molecule has 0 spiro atoms. The summed E-state index contributed by atoms with van der Waals surface area (Å²) in [4.78, 5) is 8.85. The van der Waals surface area contributed by atoms with Crippen molar-refractivity contribution in [3.63, 3.8) is 0 Å². The van der Waals surface area contributed by atoms with E-state index in [0.717, 1.165) is 5.69 Å². The molecule has 3 rings (SSSR count). The summed E-state index contributed by atoms with van der Waals surface area (Å²) >= 11 is 6.33. The van der Waals surface area contributed by atoms with Crippen LogP contribution in [-0.4, -0.2) is 35.4 Å². The first kappa shape index (κ1) is 19.0. The zero-order chi connectivity index (χ0) is 19.4. The second kappa shape index (κ2) is 8.26. The van der Waals surface area contributed by atoms with Crippen LogP contribution < -0.4 is 14.2 Å². The Hall–Kier alpha value is -2.80. The van der Waals surface area contributed by atoms with Crippen molar-refractivity contribution < 1.29 is 18.7 Å². The Morgan fingerprint density at radius 1 is 1.07 bits per heavy atom. The summed E-state index contributed by atoms with van der Waals surface area (Å²) < 4.78 is 21.9. The molecule has 1 aromatic carbocycles. The number of halogens is 1. The first-order valence-electron chi connectivity index (χ1n) is 8.52. The van der Waals surface area contributed by atoms with Crippen LogP contribution in [0.5, 0.6) is 17.4 Å². The number of hydrogen-bond donors (Lipinski definition) is 0. The number of pyridine rings is 1. The van der Waals surface area contributed by atoms with Crippen molar-refractivity contribution in [2.24, 2.45) is 0 Å². The summed E-state index contributed by atoms with van der Waals surface area (Å²) in [6.07, 6.45) is 0. The summed E-state index contributed by atoms with van der Waals surface area (Å²) in [5.74, 6) is 2.12. The molecule has 7 nitrogen and oxygen atoms in total. The van der Waals surface area contributed by atoms with Gasteiger partial charge in [0, 0.05) is 11.3 Å². The van der Waals surface area contributed by atoms with Gasteiger partial charge in [0.1, 0.15) is 5.56 Å². The van der Waals surface area contributed by atoms with Crippen LogP contribution in [0.4, 0.5) is 0 Å². The molecule has 0 atom stereocenters. The highest BCUT2D eigenvalue weighted by Crippen LogP contribution is 2.39. The van der Waals surface area contributed by atoms with Crippen molar-refractivity contribution in [2.45, 2.75) is 20.8 Å². The van der Waals surface area contributed by atoms with Gasteiger partial charge in [-0.25, -0.2) is 4.98 Å². The van der Waals surface area contributed by atoms with Crippen LogP contribution in [0.15, 0.2) is 28.8 Å². The molecule has 0 N–H and O–H groups in total. The van der Waals surface area contributed by atoms with Crippen molar-refractivity contribution >= 4 is 11.6 Å². The molecule has 27 heavy (non-hydrogen) atoms. The largest absolute Gasteiger partial charge is 0.493 e. The Bertz CT molecular complexity index is 943. The Kier molecular flexibility index (Phi) is 5.81. The summed E-state index contributed by atoms with van der Waals surface area (Å²) in [5.41, 5.74) is 2.11. The lowest BCUT2D eigenvalue weighted by Gasteiger charge is -2.11. The fourth-order valence-electron chi connectivity index (χ4n) is 2.53. The second-order valence-electron chi connectivity index (χ2n) is 5.58. The average Bonchev–Trinajstić information content (AvgIpc) is 3.13. The Labute approximate surface area is 162 Å². The highest BCUT2D eigenvalue weighted by atomic mass is 35.5. The van der Waals surface area contributed by atoms with E-state index in [1.54, 1.807) is 19.2 Å². The quantitative estimate of drug-likeness (QED) is 0.585. The lowest BCUT2D eigenvalue weighted by Crippen LogP contribution is -1.98. The Morgan fingerprint density at radius 3 is 2.56 bits per heavy atom. The molecular weight excluding hydrogens is 370 g/mol. The molecule has 2 aromatic heterocycles. The van der Waals surface area contributed by atoms with E-state index in [2.05, 4.69) is 15.1 Å². The van der Waals surface area contributed by atoms with E-state index in [1.165, 1.54) is 0 Å². The lowest BCUT2D eigenvalue weighted by molar-refractivity contribution is 0.311. The molecule has 0 amide bonds. The number of methoxy groups -OCH3 is 1. The molecule has 0 aliphatic heterocycles. The van der Waals surface area contributed by atoms with Gasteiger partial charge in [-0.1, -0.05) is 16.8 Å². The minimum atomic E-state index is 0.310. The summed E-state index contributed by atoms with van der Waals surface area (Å²) in [5, 5.41) is 4.46. The maximum Gasteiger partial charge on any atom is 0.263 e. The van der Waals surface area contributed by atoms with Gasteiger partial charge in [-0.05, 0) is 45.0 Å². The number of aromatic nitrogens is 3. The van der Waals surface area contributed by atoms with E-state index in [-0.39, 0.29) is 0 Å². The van der Waals surface area contributed by atoms with Crippen LogP contribution in [0.25, 0.3) is 22.8 Å². The Morgan fingerprint density at radius 2 is 1.85 bits per heavy atom. The van der Waals surface area contributed by atoms with E-state index < -0.39 is 0 Å². The van der Waals surface area contributed by atoms with Gasteiger partial charge in [-0.2, -0.15) is 4.98 Å². The topological polar surface area (TPSA) is 79.5 Å². The van der Waals surface area contributed by atoms with E-state index in [9.17, 15) is 0 Å². The number of rotatable bonds is 7. The van der Waals surface area contributed by atoms with Crippen LogP contribution in [0.3, 0.4) is 0 Å². The zero-order valence-electron chi connectivity index (χ0n) is 15.6. The van der Waals surface area contributed by atoms with E-state index in [4.69, 9.17) is 30.3 Å².